The smallest absolute Gasteiger partial charge is 0.119 e. The molecule has 1 aromatic rings. The van der Waals surface area contributed by atoms with Crippen molar-refractivity contribution in [3.63, 3.8) is 0 Å². The van der Waals surface area contributed by atoms with Gasteiger partial charge in [0.1, 0.15) is 5.75 Å². The van der Waals surface area contributed by atoms with Crippen molar-refractivity contribution in [2.24, 2.45) is 0 Å². The maximum atomic E-state index is 5.64. The lowest BCUT2D eigenvalue weighted by Crippen LogP contribution is -2.21. The number of nitrogens with one attached hydrogen (secondary N) is 1. The van der Waals surface area contributed by atoms with Gasteiger partial charge in [-0.1, -0.05) is 37.1 Å². The Hall–Kier alpha value is -1.28. The van der Waals surface area contributed by atoms with Gasteiger partial charge in [-0.2, -0.15) is 0 Å². The SMILES string of the molecule is CCCCOc1ccc(/C=C(/C)C(C)NC)cc1. The Balaban J connectivity index is 2.59. The topological polar surface area (TPSA) is 21.3 Å². The molecule has 0 spiro atoms. The van der Waals surface area contributed by atoms with Crippen molar-refractivity contribution < 1.29 is 4.74 Å². The van der Waals surface area contributed by atoms with Crippen molar-refractivity contribution >= 4 is 6.08 Å². The van der Waals surface area contributed by atoms with E-state index in [0.29, 0.717) is 6.04 Å². The summed E-state index contributed by atoms with van der Waals surface area (Å²) >= 11 is 0. The molecule has 1 unspecified atom stereocenters. The van der Waals surface area contributed by atoms with Gasteiger partial charge in [-0.3, -0.25) is 0 Å². The largest absolute Gasteiger partial charge is 0.494 e. The van der Waals surface area contributed by atoms with E-state index in [1.165, 1.54) is 17.6 Å². The zero-order valence-electron chi connectivity index (χ0n) is 12.0. The van der Waals surface area contributed by atoms with Crippen molar-refractivity contribution in [2.45, 2.75) is 39.7 Å². The number of ether oxygens (including phenoxy) is 1. The summed E-state index contributed by atoms with van der Waals surface area (Å²) in [5, 5.41) is 3.24. The molecule has 0 amide bonds. The average molecular weight is 247 g/mol. The van der Waals surface area contributed by atoms with E-state index in [1.807, 2.05) is 19.2 Å². The van der Waals surface area contributed by atoms with Crippen LogP contribution in [0.15, 0.2) is 29.8 Å². The van der Waals surface area contributed by atoms with Gasteiger partial charge >= 0.3 is 0 Å². The van der Waals surface area contributed by atoms with E-state index < -0.39 is 0 Å². The number of hydrogen-bond donors (Lipinski definition) is 1. The molecule has 1 aromatic carbocycles. The molecule has 100 valence electrons. The van der Waals surface area contributed by atoms with Crippen LogP contribution in [0.4, 0.5) is 0 Å². The minimum Gasteiger partial charge on any atom is -0.494 e. The summed E-state index contributed by atoms with van der Waals surface area (Å²) in [7, 11) is 1.98. The van der Waals surface area contributed by atoms with Crippen LogP contribution in [0, 0.1) is 0 Å². The molecule has 0 saturated heterocycles. The number of rotatable bonds is 7. The van der Waals surface area contributed by atoms with E-state index in [1.54, 1.807) is 0 Å². The number of hydrogen-bond acceptors (Lipinski definition) is 2. The molecule has 0 aromatic heterocycles. The molecule has 0 radical (unpaired) electrons. The zero-order valence-corrected chi connectivity index (χ0v) is 12.0. The quantitative estimate of drug-likeness (QED) is 0.738. The Bertz CT molecular complexity index is 367. The van der Waals surface area contributed by atoms with Crippen molar-refractivity contribution in [1.82, 2.24) is 5.32 Å². The van der Waals surface area contributed by atoms with Crippen LogP contribution in [0.3, 0.4) is 0 Å². The summed E-state index contributed by atoms with van der Waals surface area (Å²) in [6, 6.07) is 8.70. The second-order valence-electron chi connectivity index (χ2n) is 4.67. The van der Waals surface area contributed by atoms with Gasteiger partial charge in [0.2, 0.25) is 0 Å². The van der Waals surface area contributed by atoms with Gasteiger partial charge in [0.15, 0.2) is 0 Å². The van der Waals surface area contributed by atoms with Gasteiger partial charge in [-0.15, -0.1) is 0 Å². The van der Waals surface area contributed by atoms with Gasteiger partial charge < -0.3 is 10.1 Å². The monoisotopic (exact) mass is 247 g/mol. The molecular weight excluding hydrogens is 222 g/mol. The van der Waals surface area contributed by atoms with Gasteiger partial charge in [0.05, 0.1) is 6.61 Å². The third-order valence-corrected chi connectivity index (χ3v) is 3.16. The fourth-order valence-corrected chi connectivity index (χ4v) is 1.61. The van der Waals surface area contributed by atoms with Gasteiger partial charge in [-0.05, 0) is 45.0 Å². The summed E-state index contributed by atoms with van der Waals surface area (Å²) in [6.07, 6.45) is 4.49. The minimum absolute atomic E-state index is 0.408. The second-order valence-corrected chi connectivity index (χ2v) is 4.67. The number of unbranched alkanes of at least 4 members (excludes halogenated alkanes) is 1. The molecule has 18 heavy (non-hydrogen) atoms. The summed E-state index contributed by atoms with van der Waals surface area (Å²) in [4.78, 5) is 0. The van der Waals surface area contributed by atoms with E-state index in [-0.39, 0.29) is 0 Å². The molecule has 1 atom stereocenters. The molecule has 1 rings (SSSR count). The van der Waals surface area contributed by atoms with Gasteiger partial charge in [-0.25, -0.2) is 0 Å². The van der Waals surface area contributed by atoms with Gasteiger partial charge in [0, 0.05) is 6.04 Å². The van der Waals surface area contributed by atoms with Crippen LogP contribution in [0.2, 0.25) is 0 Å². The highest BCUT2D eigenvalue weighted by molar-refractivity contribution is 5.54. The average Bonchev–Trinajstić information content (AvgIpc) is 2.40. The lowest BCUT2D eigenvalue weighted by molar-refractivity contribution is 0.309. The Morgan fingerprint density at radius 2 is 2.00 bits per heavy atom. The van der Waals surface area contributed by atoms with E-state index >= 15 is 0 Å². The standard InChI is InChI=1S/C16H25NO/c1-5-6-11-18-16-9-7-15(8-10-16)12-13(2)14(3)17-4/h7-10,12,14,17H,5-6,11H2,1-4H3/b13-12-. The molecule has 0 heterocycles. The second kappa shape index (κ2) is 7.93. The number of benzene rings is 1. The lowest BCUT2D eigenvalue weighted by atomic mass is 10.1. The van der Waals surface area contributed by atoms with Crippen molar-refractivity contribution in [3.8, 4) is 5.75 Å². The third kappa shape index (κ3) is 4.92. The molecule has 2 nitrogen and oxygen atoms in total. The predicted octanol–water partition coefficient (Wildman–Crippen LogP) is 3.88. The molecule has 0 saturated carbocycles. The van der Waals surface area contributed by atoms with E-state index in [9.17, 15) is 0 Å². The van der Waals surface area contributed by atoms with Crippen LogP contribution in [-0.2, 0) is 0 Å². The molecule has 1 N–H and O–H groups in total. The first-order valence-corrected chi connectivity index (χ1v) is 6.75. The van der Waals surface area contributed by atoms with Crippen molar-refractivity contribution in [3.05, 3.63) is 35.4 Å². The third-order valence-electron chi connectivity index (χ3n) is 3.16. The fourth-order valence-electron chi connectivity index (χ4n) is 1.61. The first-order valence-electron chi connectivity index (χ1n) is 6.75. The molecule has 0 fully saturated rings. The summed E-state index contributed by atoms with van der Waals surface area (Å²) in [5.74, 6) is 0.958. The highest BCUT2D eigenvalue weighted by Crippen LogP contribution is 2.15. The van der Waals surface area contributed by atoms with E-state index in [2.05, 4.69) is 44.3 Å². The molecule has 0 aliphatic heterocycles. The van der Waals surface area contributed by atoms with Crippen LogP contribution in [-0.4, -0.2) is 19.7 Å². The van der Waals surface area contributed by atoms with Crippen LogP contribution in [0.1, 0.15) is 39.2 Å². The molecule has 0 bridgehead atoms. The first kappa shape index (κ1) is 14.8. The number of likely N-dealkylation sites (N-methyl/N-ethyl adjacent to an activating group) is 1. The maximum Gasteiger partial charge on any atom is 0.119 e. The van der Waals surface area contributed by atoms with Crippen LogP contribution >= 0.6 is 0 Å². The molecular formula is C16H25NO. The fraction of sp³-hybridized carbons (Fsp3) is 0.500. The van der Waals surface area contributed by atoms with Crippen LogP contribution in [0.5, 0.6) is 5.75 Å². The summed E-state index contributed by atoms with van der Waals surface area (Å²) in [6.45, 7) is 7.28. The molecule has 0 aliphatic carbocycles. The predicted molar refractivity (Wildman–Crippen MR) is 79.0 cm³/mol. The normalized spacial score (nSPS) is 13.4. The zero-order chi connectivity index (χ0) is 13.4. The first-order chi connectivity index (χ1) is 8.67. The molecule has 2 heteroatoms. The maximum absolute atomic E-state index is 5.64. The summed E-state index contributed by atoms with van der Waals surface area (Å²) in [5.41, 5.74) is 2.55. The Kier molecular flexibility index (Phi) is 6.51. The van der Waals surface area contributed by atoms with Crippen LogP contribution < -0.4 is 10.1 Å². The van der Waals surface area contributed by atoms with Gasteiger partial charge in [0.25, 0.3) is 0 Å². The van der Waals surface area contributed by atoms with Crippen molar-refractivity contribution in [2.75, 3.05) is 13.7 Å². The van der Waals surface area contributed by atoms with Crippen LogP contribution in [0.25, 0.3) is 6.08 Å². The minimum atomic E-state index is 0.408. The van der Waals surface area contributed by atoms with Crippen molar-refractivity contribution in [1.29, 1.82) is 0 Å². The van der Waals surface area contributed by atoms with E-state index in [4.69, 9.17) is 4.74 Å². The lowest BCUT2D eigenvalue weighted by Gasteiger charge is -2.11. The molecule has 0 aliphatic rings. The Labute approximate surface area is 111 Å². The van der Waals surface area contributed by atoms with E-state index in [0.717, 1.165) is 18.8 Å². The Morgan fingerprint density at radius 1 is 1.33 bits per heavy atom. The highest BCUT2D eigenvalue weighted by atomic mass is 16.5. The highest BCUT2D eigenvalue weighted by Gasteiger charge is 2.00. The Morgan fingerprint density at radius 3 is 2.56 bits per heavy atom. The summed E-state index contributed by atoms with van der Waals surface area (Å²) < 4.78 is 5.64.